The van der Waals surface area contributed by atoms with E-state index < -0.39 is 14.6 Å². The second-order valence-corrected chi connectivity index (χ2v) is 9.09. The van der Waals surface area contributed by atoms with Crippen molar-refractivity contribution in [2.45, 2.75) is 56.6 Å². The monoisotopic (exact) mass is 668 g/mol. The standard InChI is InChI=1S/C14H22O2S.2OS.12H2O.3H2S/c1-13(2,3)11-7-9-12(10-8-11)17(15,16)14(4,5)6;2*1-2;;;;;;;;;;;;;;;/h7-10H,1-6H3;;;15*1H2. The van der Waals surface area contributed by atoms with E-state index in [1.165, 1.54) is 0 Å². The lowest BCUT2D eigenvalue weighted by atomic mass is 9.87. The zero-order valence-corrected chi connectivity index (χ0v) is 26.1. The van der Waals surface area contributed by atoms with Crippen LogP contribution in [-0.4, -0.2) is 87.3 Å². The van der Waals surface area contributed by atoms with Crippen LogP contribution in [0.15, 0.2) is 29.2 Å². The predicted octanol–water partition coefficient (Wildman–Crippen LogP) is -6.67. The van der Waals surface area contributed by atoms with Crippen LogP contribution in [0.25, 0.3) is 0 Å². The maximum absolute atomic E-state index is 12.2. The highest BCUT2D eigenvalue weighted by atomic mass is 32.2. The van der Waals surface area contributed by atoms with Gasteiger partial charge in [-0.25, -0.2) is 8.42 Å². The molecule has 0 saturated carbocycles. The normalized spacial score (nSPS) is 6.72. The molecule has 0 amide bonds. The van der Waals surface area contributed by atoms with Crippen LogP contribution in [-0.2, 0) is 40.3 Å². The molecule has 240 valence electrons. The summed E-state index contributed by atoms with van der Waals surface area (Å²) in [5, 5.41) is 0. The highest BCUT2D eigenvalue weighted by molar-refractivity contribution is 7.92. The van der Waals surface area contributed by atoms with Crippen LogP contribution < -0.4 is 0 Å². The first-order valence-electron chi connectivity index (χ1n) is 6.15. The van der Waals surface area contributed by atoms with Gasteiger partial charge < -0.3 is 65.7 Å². The fourth-order valence-electron chi connectivity index (χ4n) is 1.49. The zero-order valence-electron chi connectivity index (χ0n) is 20.7. The Hall–Kier alpha value is -0.220. The first-order valence-corrected chi connectivity index (χ1v) is 8.30. The van der Waals surface area contributed by atoms with Crippen LogP contribution in [0, 0.1) is 0 Å². The third-order valence-electron chi connectivity index (χ3n) is 2.84. The molecule has 0 unspecified atom stereocenters. The van der Waals surface area contributed by atoms with E-state index in [0.717, 1.165) is 5.56 Å². The molecule has 0 fully saturated rings. The summed E-state index contributed by atoms with van der Waals surface area (Å²) in [7, 11) is -3.24. The second-order valence-electron chi connectivity index (χ2n) is 6.39. The molecule has 22 heteroatoms. The second kappa shape index (κ2) is 51.4. The van der Waals surface area contributed by atoms with E-state index in [9.17, 15) is 8.42 Å². The molecular formula is C14H52O16S6. The van der Waals surface area contributed by atoms with E-state index in [2.05, 4.69) is 45.8 Å². The molecule has 0 aromatic heterocycles. The van der Waals surface area contributed by atoms with Gasteiger partial charge >= 0.3 is 0 Å². The Kier molecular flexibility index (Phi) is 175. The molecule has 1 rings (SSSR count). The Morgan fingerprint density at radius 2 is 0.694 bits per heavy atom. The fraction of sp³-hybridized carbons (Fsp3) is 0.571. The molecule has 1 aromatic rings. The van der Waals surface area contributed by atoms with Gasteiger partial charge in [0.25, 0.3) is 0 Å². The van der Waals surface area contributed by atoms with Crippen molar-refractivity contribution in [2.75, 3.05) is 0 Å². The molecule has 16 nitrogen and oxygen atoms in total. The van der Waals surface area contributed by atoms with Gasteiger partial charge in [-0.1, -0.05) is 32.9 Å². The van der Waals surface area contributed by atoms with Gasteiger partial charge in [-0.15, -0.1) is 0 Å². The van der Waals surface area contributed by atoms with Crippen molar-refractivity contribution in [3.8, 4) is 0 Å². The van der Waals surface area contributed by atoms with Gasteiger partial charge in [0, 0.05) is 0 Å². The van der Waals surface area contributed by atoms with Crippen LogP contribution in [0.4, 0.5) is 0 Å². The Balaban J connectivity index is -0.0000000121. The predicted molar refractivity (Wildman–Crippen MR) is 163 cm³/mol. The van der Waals surface area contributed by atoms with Crippen molar-refractivity contribution in [1.29, 1.82) is 0 Å². The summed E-state index contributed by atoms with van der Waals surface area (Å²) < 4.78 is 39.3. The van der Waals surface area contributed by atoms with Gasteiger partial charge in [-0.2, -0.15) is 48.9 Å². The molecule has 0 radical (unpaired) electrons. The average molecular weight is 669 g/mol. The zero-order chi connectivity index (χ0) is 17.5. The Morgan fingerprint density at radius 1 is 0.500 bits per heavy atom. The lowest BCUT2D eigenvalue weighted by molar-refractivity contribution is 0.559. The van der Waals surface area contributed by atoms with Crippen molar-refractivity contribution >= 4 is 75.4 Å². The lowest BCUT2D eigenvalue weighted by Gasteiger charge is -2.22. The Labute approximate surface area is 243 Å². The van der Waals surface area contributed by atoms with E-state index >= 15 is 0 Å². The van der Waals surface area contributed by atoms with Gasteiger partial charge in [0.15, 0.2) is 34.9 Å². The van der Waals surface area contributed by atoms with Gasteiger partial charge in [-0.3, -0.25) is 0 Å². The minimum absolute atomic E-state index is 0. The summed E-state index contributed by atoms with van der Waals surface area (Å²) in [5.41, 5.74) is 1.19. The summed E-state index contributed by atoms with van der Waals surface area (Å²) in [6, 6.07) is 7.22. The average Bonchev–Trinajstić information content (AvgIpc) is 2.41. The van der Waals surface area contributed by atoms with Crippen molar-refractivity contribution in [3.63, 3.8) is 0 Å². The maximum atomic E-state index is 12.2. The van der Waals surface area contributed by atoms with E-state index in [1.54, 1.807) is 32.9 Å². The lowest BCUT2D eigenvalue weighted by Crippen LogP contribution is -2.28. The van der Waals surface area contributed by atoms with Crippen LogP contribution >= 0.6 is 40.5 Å². The van der Waals surface area contributed by atoms with Gasteiger partial charge in [0.1, 0.15) is 0 Å². The first kappa shape index (κ1) is 123. The van der Waals surface area contributed by atoms with Crippen molar-refractivity contribution in [1.82, 2.24) is 0 Å². The molecule has 0 spiro atoms. The SMILES string of the molecule is CC(C)(C)c1ccc(S(=O)(=O)C(C)(C)C)cc1.O.O.O.O.O.O.O.O.O.O.O.O.O=S.O=S.S.S.S. The fourth-order valence-corrected chi connectivity index (χ4v) is 2.69. The molecule has 0 aliphatic rings. The number of sulfone groups is 1. The van der Waals surface area contributed by atoms with Crippen LogP contribution in [0.3, 0.4) is 0 Å². The summed E-state index contributed by atoms with van der Waals surface area (Å²) in [6.45, 7) is 11.5. The number of benzene rings is 1. The van der Waals surface area contributed by atoms with Gasteiger partial charge in [-0.05, 0) is 43.9 Å². The molecule has 0 bridgehead atoms. The molecule has 0 aliphatic heterocycles. The van der Waals surface area contributed by atoms with E-state index in [0.29, 0.717) is 4.90 Å². The molecular weight excluding hydrogens is 617 g/mol. The summed E-state index contributed by atoms with van der Waals surface area (Å²) in [4.78, 5) is 0.401. The minimum atomic E-state index is -3.24. The minimum Gasteiger partial charge on any atom is -0.412 e. The summed E-state index contributed by atoms with van der Waals surface area (Å²) in [5.74, 6) is 0. The molecule has 1 aromatic carbocycles. The van der Waals surface area contributed by atoms with Crippen molar-refractivity contribution in [3.05, 3.63) is 29.8 Å². The largest absolute Gasteiger partial charge is 0.412 e. The number of rotatable bonds is 1. The molecule has 24 N–H and O–H groups in total. The van der Waals surface area contributed by atoms with Crippen LogP contribution in [0.1, 0.15) is 47.1 Å². The van der Waals surface area contributed by atoms with Crippen molar-refractivity contribution in [2.24, 2.45) is 0 Å². The number of hydrogen-bond acceptors (Lipinski definition) is 6. The van der Waals surface area contributed by atoms with Gasteiger partial charge in [0.05, 0.1) is 9.64 Å². The van der Waals surface area contributed by atoms with Crippen molar-refractivity contribution < 1.29 is 82.5 Å². The summed E-state index contributed by atoms with van der Waals surface area (Å²) >= 11 is 5.67. The molecule has 36 heavy (non-hydrogen) atoms. The molecule has 0 saturated heterocycles. The van der Waals surface area contributed by atoms with Gasteiger partial charge in [0.2, 0.25) is 0 Å². The Morgan fingerprint density at radius 3 is 0.833 bits per heavy atom. The summed E-state index contributed by atoms with van der Waals surface area (Å²) in [6.07, 6.45) is 0. The molecule has 0 aliphatic carbocycles. The van der Waals surface area contributed by atoms with E-state index in [1.807, 2.05) is 12.1 Å². The van der Waals surface area contributed by atoms with Crippen LogP contribution in [0.2, 0.25) is 0 Å². The highest BCUT2D eigenvalue weighted by Crippen LogP contribution is 2.28. The van der Waals surface area contributed by atoms with Crippen LogP contribution in [0.5, 0.6) is 0 Å². The maximum Gasteiger partial charge on any atom is 0.197 e. The first-order chi connectivity index (χ1) is 9.46. The smallest absolute Gasteiger partial charge is 0.197 e. The third kappa shape index (κ3) is 38.3. The topological polar surface area (TPSA) is 446 Å². The number of hydrogen-bond donors (Lipinski definition) is 0. The Bertz CT molecular complexity index is 548. The third-order valence-corrected chi connectivity index (χ3v) is 5.34. The molecule has 0 heterocycles. The van der Waals surface area contributed by atoms with E-state index in [-0.39, 0.29) is 112 Å². The van der Waals surface area contributed by atoms with E-state index in [4.69, 9.17) is 8.42 Å². The molecule has 0 atom stereocenters. The quantitative estimate of drug-likeness (QED) is 0.279. The highest BCUT2D eigenvalue weighted by Gasteiger charge is 2.30.